The minimum Gasteiger partial charge on any atom is -0.497 e. The average molecular weight is 387 g/mol. The Kier molecular flexibility index (Phi) is 5.38. The average Bonchev–Trinajstić information content (AvgIpc) is 2.80. The SMILES string of the molecule is COc1ccc(C2=CC(OC)(c3ccccc3)SC(c3ccccc3)=C2)cc1. The lowest BCUT2D eigenvalue weighted by Crippen LogP contribution is -2.24. The second kappa shape index (κ2) is 8.09. The Morgan fingerprint density at radius 2 is 1.36 bits per heavy atom. The van der Waals surface area contributed by atoms with E-state index in [1.54, 1.807) is 26.0 Å². The van der Waals surface area contributed by atoms with Crippen molar-refractivity contribution < 1.29 is 9.47 Å². The van der Waals surface area contributed by atoms with E-state index in [4.69, 9.17) is 9.47 Å². The summed E-state index contributed by atoms with van der Waals surface area (Å²) in [4.78, 5) is 0.593. The van der Waals surface area contributed by atoms with Gasteiger partial charge in [-0.3, -0.25) is 0 Å². The number of thioether (sulfide) groups is 1. The van der Waals surface area contributed by atoms with Crippen LogP contribution in [0.5, 0.6) is 5.75 Å². The quantitative estimate of drug-likeness (QED) is 0.508. The maximum atomic E-state index is 6.13. The molecule has 0 N–H and O–H groups in total. The van der Waals surface area contributed by atoms with Crippen molar-refractivity contribution in [2.75, 3.05) is 14.2 Å². The summed E-state index contributed by atoms with van der Waals surface area (Å²) in [6.07, 6.45) is 4.45. The standard InChI is InChI=1S/C25H22O2S/c1-26-23-15-13-19(14-16-23)21-17-24(20-9-5-3-6-10-20)28-25(18-21,27-2)22-11-7-4-8-12-22/h3-18H,1-2H3. The van der Waals surface area contributed by atoms with Crippen molar-refractivity contribution in [2.24, 2.45) is 0 Å². The van der Waals surface area contributed by atoms with Gasteiger partial charge in [0.05, 0.1) is 7.11 Å². The summed E-state index contributed by atoms with van der Waals surface area (Å²) >= 11 is 1.73. The van der Waals surface area contributed by atoms with E-state index in [-0.39, 0.29) is 0 Å². The highest BCUT2D eigenvalue weighted by Crippen LogP contribution is 2.51. The zero-order chi connectivity index (χ0) is 19.4. The largest absolute Gasteiger partial charge is 0.497 e. The molecule has 0 saturated carbocycles. The first-order valence-electron chi connectivity index (χ1n) is 9.18. The first-order chi connectivity index (χ1) is 13.7. The summed E-state index contributed by atoms with van der Waals surface area (Å²) in [5.74, 6) is 0.850. The van der Waals surface area contributed by atoms with Crippen LogP contribution in [0.15, 0.2) is 97.1 Å². The molecule has 2 nitrogen and oxygen atoms in total. The number of methoxy groups -OCH3 is 2. The van der Waals surface area contributed by atoms with Gasteiger partial charge < -0.3 is 9.47 Å². The summed E-state index contributed by atoms with van der Waals surface area (Å²) in [5.41, 5.74) is 4.57. The number of benzene rings is 3. The molecule has 28 heavy (non-hydrogen) atoms. The Labute approximate surface area is 170 Å². The molecule has 0 aliphatic carbocycles. The van der Waals surface area contributed by atoms with Gasteiger partial charge in [0.1, 0.15) is 5.75 Å². The molecule has 1 aliphatic heterocycles. The van der Waals surface area contributed by atoms with Gasteiger partial charge in [0, 0.05) is 12.0 Å². The van der Waals surface area contributed by atoms with Crippen LogP contribution in [-0.2, 0) is 9.67 Å². The lowest BCUT2D eigenvalue weighted by molar-refractivity contribution is 0.112. The molecule has 0 radical (unpaired) electrons. The number of rotatable bonds is 5. The van der Waals surface area contributed by atoms with Gasteiger partial charge in [0.15, 0.2) is 4.93 Å². The molecular formula is C25H22O2S. The molecule has 0 bridgehead atoms. The van der Waals surface area contributed by atoms with E-state index in [9.17, 15) is 0 Å². The normalized spacial score (nSPS) is 18.9. The molecule has 3 heteroatoms. The summed E-state index contributed by atoms with van der Waals surface area (Å²) in [5, 5.41) is 0. The summed E-state index contributed by atoms with van der Waals surface area (Å²) < 4.78 is 11.4. The summed E-state index contributed by atoms with van der Waals surface area (Å²) in [6, 6.07) is 29.0. The first kappa shape index (κ1) is 18.6. The van der Waals surface area contributed by atoms with Gasteiger partial charge >= 0.3 is 0 Å². The molecule has 1 heterocycles. The van der Waals surface area contributed by atoms with Gasteiger partial charge in [-0.15, -0.1) is 0 Å². The van der Waals surface area contributed by atoms with E-state index in [1.165, 1.54) is 10.5 Å². The highest BCUT2D eigenvalue weighted by molar-refractivity contribution is 8.09. The van der Waals surface area contributed by atoms with Crippen LogP contribution in [0.2, 0.25) is 0 Å². The van der Waals surface area contributed by atoms with Crippen molar-refractivity contribution in [3.05, 3.63) is 114 Å². The molecule has 1 unspecified atom stereocenters. The Hall–Kier alpha value is -2.75. The number of hydrogen-bond acceptors (Lipinski definition) is 3. The molecule has 1 aliphatic rings. The molecule has 1 atom stereocenters. The van der Waals surface area contributed by atoms with E-state index >= 15 is 0 Å². The van der Waals surface area contributed by atoms with Gasteiger partial charge in [-0.05, 0) is 46.5 Å². The molecular weight excluding hydrogens is 364 g/mol. The predicted octanol–water partition coefficient (Wildman–Crippen LogP) is 6.37. The smallest absolute Gasteiger partial charge is 0.162 e. The fourth-order valence-corrected chi connectivity index (χ4v) is 4.63. The summed E-state index contributed by atoms with van der Waals surface area (Å²) in [6.45, 7) is 0. The second-order valence-electron chi connectivity index (χ2n) is 6.54. The Bertz CT molecular complexity index is 992. The third kappa shape index (κ3) is 3.64. The molecule has 140 valence electrons. The van der Waals surface area contributed by atoms with Crippen LogP contribution in [0.1, 0.15) is 16.7 Å². The summed E-state index contributed by atoms with van der Waals surface area (Å²) in [7, 11) is 3.46. The Balaban J connectivity index is 1.86. The van der Waals surface area contributed by atoms with E-state index < -0.39 is 4.93 Å². The fourth-order valence-electron chi connectivity index (χ4n) is 3.34. The van der Waals surface area contributed by atoms with Crippen molar-refractivity contribution in [3.8, 4) is 5.75 Å². The van der Waals surface area contributed by atoms with Crippen LogP contribution in [0.25, 0.3) is 10.5 Å². The van der Waals surface area contributed by atoms with Crippen LogP contribution in [0, 0.1) is 0 Å². The number of hydrogen-bond donors (Lipinski definition) is 0. The van der Waals surface area contributed by atoms with Gasteiger partial charge in [-0.25, -0.2) is 0 Å². The maximum absolute atomic E-state index is 6.13. The van der Waals surface area contributed by atoms with E-state index in [1.807, 2.05) is 24.3 Å². The topological polar surface area (TPSA) is 18.5 Å². The van der Waals surface area contributed by atoms with Crippen molar-refractivity contribution in [1.82, 2.24) is 0 Å². The van der Waals surface area contributed by atoms with Crippen molar-refractivity contribution >= 4 is 22.2 Å². The van der Waals surface area contributed by atoms with Crippen LogP contribution < -0.4 is 4.74 Å². The zero-order valence-electron chi connectivity index (χ0n) is 16.0. The van der Waals surface area contributed by atoms with Gasteiger partial charge in [0.25, 0.3) is 0 Å². The van der Waals surface area contributed by atoms with Crippen molar-refractivity contribution in [2.45, 2.75) is 4.93 Å². The molecule has 0 spiro atoms. The van der Waals surface area contributed by atoms with E-state index in [0.717, 1.165) is 22.4 Å². The minimum absolute atomic E-state index is 0.587. The molecule has 0 amide bonds. The minimum atomic E-state index is -0.587. The highest BCUT2D eigenvalue weighted by atomic mass is 32.2. The second-order valence-corrected chi connectivity index (χ2v) is 7.79. The first-order valence-corrected chi connectivity index (χ1v) is 10.00. The van der Waals surface area contributed by atoms with Crippen LogP contribution in [0.4, 0.5) is 0 Å². The lowest BCUT2D eigenvalue weighted by Gasteiger charge is -2.34. The van der Waals surface area contributed by atoms with Crippen molar-refractivity contribution in [3.63, 3.8) is 0 Å². The molecule has 0 aromatic heterocycles. The molecule has 0 fully saturated rings. The monoisotopic (exact) mass is 386 g/mol. The van der Waals surface area contributed by atoms with Crippen LogP contribution in [-0.4, -0.2) is 14.2 Å². The van der Waals surface area contributed by atoms with Crippen LogP contribution in [0.3, 0.4) is 0 Å². The number of ether oxygens (including phenoxy) is 2. The molecule has 3 aromatic rings. The van der Waals surface area contributed by atoms with Gasteiger partial charge in [0.2, 0.25) is 0 Å². The third-order valence-corrected chi connectivity index (χ3v) is 6.25. The Morgan fingerprint density at radius 1 is 0.714 bits per heavy atom. The van der Waals surface area contributed by atoms with Crippen molar-refractivity contribution in [1.29, 1.82) is 0 Å². The predicted molar refractivity (Wildman–Crippen MR) is 118 cm³/mol. The van der Waals surface area contributed by atoms with E-state index in [2.05, 4.69) is 72.8 Å². The Morgan fingerprint density at radius 3 is 1.96 bits per heavy atom. The van der Waals surface area contributed by atoms with Crippen LogP contribution >= 0.6 is 11.8 Å². The van der Waals surface area contributed by atoms with E-state index in [0.29, 0.717) is 0 Å². The third-order valence-electron chi connectivity index (χ3n) is 4.85. The van der Waals surface area contributed by atoms with Gasteiger partial charge in [-0.2, -0.15) is 0 Å². The highest BCUT2D eigenvalue weighted by Gasteiger charge is 2.35. The molecule has 4 rings (SSSR count). The fraction of sp³-hybridized carbons (Fsp3) is 0.120. The lowest BCUT2D eigenvalue weighted by atomic mass is 9.98. The molecule has 0 saturated heterocycles. The van der Waals surface area contributed by atoms with Gasteiger partial charge in [-0.1, -0.05) is 84.6 Å². The zero-order valence-corrected chi connectivity index (χ0v) is 16.8. The molecule has 3 aromatic carbocycles. The number of allylic oxidation sites excluding steroid dienone is 2. The maximum Gasteiger partial charge on any atom is 0.162 e.